The SMILES string of the molecule is CC=COC(=O)C(C)(Cl)OC. The van der Waals surface area contributed by atoms with Gasteiger partial charge in [0.25, 0.3) is 0 Å². The van der Waals surface area contributed by atoms with E-state index in [2.05, 4.69) is 9.47 Å². The third-order valence-electron chi connectivity index (χ3n) is 1.06. The Balaban J connectivity index is 4.02. The van der Waals surface area contributed by atoms with Gasteiger partial charge >= 0.3 is 5.97 Å². The number of methoxy groups -OCH3 is 1. The quantitative estimate of drug-likeness (QED) is 0.375. The molecule has 0 fully saturated rings. The van der Waals surface area contributed by atoms with Crippen LogP contribution in [-0.2, 0) is 14.3 Å². The van der Waals surface area contributed by atoms with Gasteiger partial charge in [-0.05, 0) is 13.8 Å². The van der Waals surface area contributed by atoms with Crippen LogP contribution in [-0.4, -0.2) is 18.1 Å². The number of rotatable bonds is 3. The third-order valence-corrected chi connectivity index (χ3v) is 1.37. The van der Waals surface area contributed by atoms with Gasteiger partial charge in [0.05, 0.1) is 6.26 Å². The molecule has 0 aliphatic carbocycles. The van der Waals surface area contributed by atoms with Crippen LogP contribution in [0.25, 0.3) is 0 Å². The Kier molecular flexibility index (Phi) is 4.15. The number of alkyl halides is 1. The largest absolute Gasteiger partial charge is 0.432 e. The molecule has 0 bridgehead atoms. The second-order valence-corrected chi connectivity index (χ2v) is 2.72. The molecule has 0 aliphatic heterocycles. The normalized spacial score (nSPS) is 16.4. The molecule has 0 aromatic rings. The van der Waals surface area contributed by atoms with Crippen molar-refractivity contribution in [1.29, 1.82) is 0 Å². The number of allylic oxidation sites excluding steroid dienone is 1. The van der Waals surface area contributed by atoms with Crippen molar-refractivity contribution in [3.63, 3.8) is 0 Å². The maximum Gasteiger partial charge on any atom is 0.358 e. The lowest BCUT2D eigenvalue weighted by molar-refractivity contribution is -0.152. The monoisotopic (exact) mass is 178 g/mol. The van der Waals surface area contributed by atoms with Crippen molar-refractivity contribution in [3.05, 3.63) is 12.3 Å². The van der Waals surface area contributed by atoms with E-state index in [9.17, 15) is 4.79 Å². The molecule has 0 aromatic carbocycles. The molecule has 0 heterocycles. The van der Waals surface area contributed by atoms with Crippen molar-refractivity contribution in [1.82, 2.24) is 0 Å². The number of ether oxygens (including phenoxy) is 2. The molecule has 0 N–H and O–H groups in total. The van der Waals surface area contributed by atoms with Crippen LogP contribution in [0.5, 0.6) is 0 Å². The van der Waals surface area contributed by atoms with Crippen LogP contribution in [0.3, 0.4) is 0 Å². The van der Waals surface area contributed by atoms with Gasteiger partial charge in [-0.25, -0.2) is 4.79 Å². The predicted molar refractivity (Wildman–Crippen MR) is 42.2 cm³/mol. The predicted octanol–water partition coefficient (Wildman–Crippen LogP) is 1.66. The Morgan fingerprint density at radius 1 is 1.64 bits per heavy atom. The second-order valence-electron chi connectivity index (χ2n) is 2.00. The van der Waals surface area contributed by atoms with Gasteiger partial charge in [-0.15, -0.1) is 0 Å². The molecule has 0 spiro atoms. The number of hydrogen-bond donors (Lipinski definition) is 0. The first-order valence-corrected chi connectivity index (χ1v) is 3.48. The summed E-state index contributed by atoms with van der Waals surface area (Å²) < 4.78 is 9.22. The lowest BCUT2D eigenvalue weighted by Gasteiger charge is -2.15. The van der Waals surface area contributed by atoms with Crippen LogP contribution in [0.15, 0.2) is 12.3 Å². The van der Waals surface area contributed by atoms with Gasteiger partial charge in [-0.2, -0.15) is 0 Å². The zero-order valence-corrected chi connectivity index (χ0v) is 7.51. The highest BCUT2D eigenvalue weighted by Crippen LogP contribution is 2.16. The Morgan fingerprint density at radius 2 is 2.18 bits per heavy atom. The number of hydrogen-bond acceptors (Lipinski definition) is 3. The molecular formula is C7H11ClO3. The minimum Gasteiger partial charge on any atom is -0.432 e. The zero-order valence-electron chi connectivity index (χ0n) is 6.76. The Morgan fingerprint density at radius 3 is 2.55 bits per heavy atom. The smallest absolute Gasteiger partial charge is 0.358 e. The minimum absolute atomic E-state index is 0.625. The fourth-order valence-electron chi connectivity index (χ4n) is 0.318. The zero-order chi connectivity index (χ0) is 8.91. The molecule has 0 saturated carbocycles. The minimum atomic E-state index is -1.39. The van der Waals surface area contributed by atoms with Gasteiger partial charge in [-0.1, -0.05) is 17.7 Å². The van der Waals surface area contributed by atoms with E-state index in [0.717, 1.165) is 0 Å². The van der Waals surface area contributed by atoms with E-state index < -0.39 is 11.0 Å². The van der Waals surface area contributed by atoms with Crippen LogP contribution in [0.2, 0.25) is 0 Å². The van der Waals surface area contributed by atoms with E-state index in [0.29, 0.717) is 0 Å². The summed E-state index contributed by atoms with van der Waals surface area (Å²) in [5, 5.41) is -1.39. The van der Waals surface area contributed by atoms with Gasteiger partial charge in [0.15, 0.2) is 0 Å². The Labute approximate surface area is 70.9 Å². The van der Waals surface area contributed by atoms with E-state index in [4.69, 9.17) is 11.6 Å². The van der Waals surface area contributed by atoms with Crippen molar-refractivity contribution in [2.75, 3.05) is 7.11 Å². The molecule has 1 unspecified atom stereocenters. The van der Waals surface area contributed by atoms with Gasteiger partial charge in [-0.3, -0.25) is 0 Å². The highest BCUT2D eigenvalue weighted by molar-refractivity contribution is 6.32. The first kappa shape index (κ1) is 10.5. The molecule has 64 valence electrons. The summed E-state index contributed by atoms with van der Waals surface area (Å²) in [5.41, 5.74) is 0. The lowest BCUT2D eigenvalue weighted by atomic mass is 10.4. The maximum atomic E-state index is 10.9. The van der Waals surface area contributed by atoms with Crippen molar-refractivity contribution >= 4 is 17.6 Å². The lowest BCUT2D eigenvalue weighted by Crippen LogP contribution is -2.31. The molecule has 0 aliphatic rings. The van der Waals surface area contributed by atoms with Crippen LogP contribution >= 0.6 is 11.6 Å². The van der Waals surface area contributed by atoms with Gasteiger partial charge < -0.3 is 9.47 Å². The first-order chi connectivity index (χ1) is 5.04. The van der Waals surface area contributed by atoms with Crippen molar-refractivity contribution in [2.45, 2.75) is 18.9 Å². The average Bonchev–Trinajstić information content (AvgIpc) is 2.00. The van der Waals surface area contributed by atoms with Crippen molar-refractivity contribution < 1.29 is 14.3 Å². The van der Waals surface area contributed by atoms with Gasteiger partial charge in [0, 0.05) is 7.11 Å². The number of esters is 1. The van der Waals surface area contributed by atoms with Gasteiger partial charge in [0.2, 0.25) is 5.06 Å². The van der Waals surface area contributed by atoms with Crippen LogP contribution < -0.4 is 0 Å². The summed E-state index contributed by atoms with van der Waals surface area (Å²) >= 11 is 5.58. The number of halogens is 1. The highest BCUT2D eigenvalue weighted by Gasteiger charge is 2.31. The molecule has 0 rings (SSSR count). The molecule has 0 amide bonds. The average molecular weight is 179 g/mol. The van der Waals surface area contributed by atoms with Crippen LogP contribution in [0.4, 0.5) is 0 Å². The summed E-state index contributed by atoms with van der Waals surface area (Å²) in [6.45, 7) is 3.14. The van der Waals surface area contributed by atoms with E-state index >= 15 is 0 Å². The first-order valence-electron chi connectivity index (χ1n) is 3.11. The van der Waals surface area contributed by atoms with Crippen LogP contribution in [0, 0.1) is 0 Å². The molecule has 0 radical (unpaired) electrons. The van der Waals surface area contributed by atoms with Crippen LogP contribution in [0.1, 0.15) is 13.8 Å². The number of carbonyl (C=O) groups is 1. The molecule has 3 nitrogen and oxygen atoms in total. The summed E-state index contributed by atoms with van der Waals surface area (Å²) in [7, 11) is 1.34. The fraction of sp³-hybridized carbons (Fsp3) is 0.571. The topological polar surface area (TPSA) is 35.5 Å². The number of carbonyl (C=O) groups excluding carboxylic acids is 1. The molecule has 4 heteroatoms. The molecule has 1 atom stereocenters. The maximum absolute atomic E-state index is 10.9. The Bertz CT molecular complexity index is 163. The highest BCUT2D eigenvalue weighted by atomic mass is 35.5. The third kappa shape index (κ3) is 3.39. The van der Waals surface area contributed by atoms with Crippen molar-refractivity contribution in [3.8, 4) is 0 Å². The van der Waals surface area contributed by atoms with E-state index in [1.54, 1.807) is 13.0 Å². The molecule has 0 aromatic heterocycles. The van der Waals surface area contributed by atoms with E-state index in [1.165, 1.54) is 20.3 Å². The summed E-state index contributed by atoms with van der Waals surface area (Å²) in [4.78, 5) is 10.9. The molecule has 11 heavy (non-hydrogen) atoms. The molecule has 0 saturated heterocycles. The fourth-order valence-corrected chi connectivity index (χ4v) is 0.363. The van der Waals surface area contributed by atoms with E-state index in [1.807, 2.05) is 0 Å². The van der Waals surface area contributed by atoms with Gasteiger partial charge in [0.1, 0.15) is 0 Å². The van der Waals surface area contributed by atoms with Crippen molar-refractivity contribution in [2.24, 2.45) is 0 Å². The summed E-state index contributed by atoms with van der Waals surface area (Å²) in [5.74, 6) is -0.625. The second kappa shape index (κ2) is 4.36. The Hall–Kier alpha value is -0.540. The summed E-state index contributed by atoms with van der Waals surface area (Å²) in [6.07, 6.45) is 2.84. The molecular weight excluding hydrogens is 168 g/mol. The summed E-state index contributed by atoms with van der Waals surface area (Å²) in [6, 6.07) is 0. The van der Waals surface area contributed by atoms with E-state index in [-0.39, 0.29) is 0 Å². The standard InChI is InChI=1S/C7H11ClO3/c1-4-5-11-6(9)7(2,8)10-3/h4-5H,1-3H3.